The van der Waals surface area contributed by atoms with E-state index in [9.17, 15) is 0 Å². The van der Waals surface area contributed by atoms with Crippen LogP contribution in [0, 0.1) is 0 Å². The highest BCUT2D eigenvalue weighted by Crippen LogP contribution is 2.45. The van der Waals surface area contributed by atoms with Crippen LogP contribution in [0.15, 0.2) is 46.2 Å². The molecule has 0 bridgehead atoms. The van der Waals surface area contributed by atoms with Crippen LogP contribution in [-0.2, 0) is 6.42 Å². The first-order valence-corrected chi connectivity index (χ1v) is 9.95. The van der Waals surface area contributed by atoms with Gasteiger partial charge in [-0.3, -0.25) is 4.90 Å². The van der Waals surface area contributed by atoms with Gasteiger partial charge in [-0.05, 0) is 61.0 Å². The second-order valence-electron chi connectivity index (χ2n) is 7.04. The molecule has 1 fully saturated rings. The molecule has 2 aromatic carbocycles. The Morgan fingerprint density at radius 2 is 1.54 bits per heavy atom. The number of hydrogen-bond donors (Lipinski definition) is 0. The van der Waals surface area contributed by atoms with Gasteiger partial charge >= 0.3 is 0 Å². The van der Waals surface area contributed by atoms with Gasteiger partial charge in [0.05, 0.1) is 14.2 Å². The molecule has 0 unspecified atom stereocenters. The third-order valence-corrected chi connectivity index (χ3v) is 6.67. The van der Waals surface area contributed by atoms with Crippen LogP contribution in [0.5, 0.6) is 11.5 Å². The van der Waals surface area contributed by atoms with Gasteiger partial charge in [0.1, 0.15) is 11.5 Å². The van der Waals surface area contributed by atoms with Crippen molar-refractivity contribution in [3.05, 3.63) is 47.5 Å². The molecule has 0 spiro atoms. The molecule has 0 radical (unpaired) electrons. The number of rotatable bonds is 3. The summed E-state index contributed by atoms with van der Waals surface area (Å²) >= 11 is 1.86. The Hall–Kier alpha value is -1.69. The molecule has 2 aliphatic heterocycles. The fraction of sp³-hybridized carbons (Fsp3) is 0.429. The number of fused-ring (bicyclic) bond motifs is 2. The standard InChI is InChI=1S/C21H26N2O2S/c1-22-8-10-23(11-9-22)19-13-15-12-16(24-2)4-6-20(15)26-21-7-5-17(25-3)14-18(19)21/h4-7,12,14,19H,8-11,13H2,1-3H3/t19-/m1/s1. The first-order chi connectivity index (χ1) is 12.7. The Balaban J connectivity index is 1.76. The van der Waals surface area contributed by atoms with Crippen molar-refractivity contribution in [1.82, 2.24) is 9.80 Å². The summed E-state index contributed by atoms with van der Waals surface area (Å²) in [6.07, 6.45) is 1.00. The van der Waals surface area contributed by atoms with Gasteiger partial charge < -0.3 is 14.4 Å². The van der Waals surface area contributed by atoms with Crippen molar-refractivity contribution < 1.29 is 9.47 Å². The largest absolute Gasteiger partial charge is 0.497 e. The SMILES string of the molecule is COc1ccc2c(c1)C[C@@H](N1CCN(C)CC1)c1cc(OC)ccc1S2. The molecule has 1 saturated heterocycles. The van der Waals surface area contributed by atoms with Crippen molar-refractivity contribution in [2.24, 2.45) is 0 Å². The fourth-order valence-electron chi connectivity index (χ4n) is 3.84. The molecule has 0 amide bonds. The topological polar surface area (TPSA) is 24.9 Å². The van der Waals surface area contributed by atoms with E-state index >= 15 is 0 Å². The summed E-state index contributed by atoms with van der Waals surface area (Å²) in [6, 6.07) is 13.3. The Labute approximate surface area is 160 Å². The number of nitrogens with zero attached hydrogens (tertiary/aromatic N) is 2. The van der Waals surface area contributed by atoms with Crippen molar-refractivity contribution in [2.75, 3.05) is 47.4 Å². The summed E-state index contributed by atoms with van der Waals surface area (Å²) in [6.45, 7) is 4.44. The predicted molar refractivity (Wildman–Crippen MR) is 106 cm³/mol. The molecule has 4 rings (SSSR count). The van der Waals surface area contributed by atoms with Crippen LogP contribution in [-0.4, -0.2) is 57.2 Å². The Kier molecular flexibility index (Phi) is 5.11. The molecule has 2 aliphatic rings. The van der Waals surface area contributed by atoms with Crippen LogP contribution in [0.2, 0.25) is 0 Å². The molecule has 2 heterocycles. The van der Waals surface area contributed by atoms with E-state index in [1.807, 2.05) is 11.8 Å². The minimum absolute atomic E-state index is 0.370. The first-order valence-electron chi connectivity index (χ1n) is 9.13. The predicted octanol–water partition coefficient (Wildman–Crippen LogP) is 3.70. The van der Waals surface area contributed by atoms with Gasteiger partial charge in [0, 0.05) is 42.0 Å². The average molecular weight is 371 g/mol. The van der Waals surface area contributed by atoms with Gasteiger partial charge in [0.15, 0.2) is 0 Å². The van der Waals surface area contributed by atoms with Crippen molar-refractivity contribution >= 4 is 11.8 Å². The molecule has 138 valence electrons. The third-order valence-electron chi connectivity index (χ3n) is 5.46. The Morgan fingerprint density at radius 1 is 0.885 bits per heavy atom. The lowest BCUT2D eigenvalue weighted by molar-refractivity contribution is 0.109. The number of hydrogen-bond acceptors (Lipinski definition) is 5. The lowest BCUT2D eigenvalue weighted by Gasteiger charge is -2.38. The number of ether oxygens (including phenoxy) is 2. The molecule has 0 aliphatic carbocycles. The number of methoxy groups -OCH3 is 2. The third kappa shape index (κ3) is 3.43. The van der Waals surface area contributed by atoms with Crippen LogP contribution in [0.4, 0.5) is 0 Å². The van der Waals surface area contributed by atoms with Crippen LogP contribution in [0.3, 0.4) is 0 Å². The summed E-state index contributed by atoms with van der Waals surface area (Å²) in [5.41, 5.74) is 2.75. The van der Waals surface area contributed by atoms with Gasteiger partial charge in [0.2, 0.25) is 0 Å². The van der Waals surface area contributed by atoms with E-state index in [0.717, 1.165) is 44.1 Å². The molecule has 4 nitrogen and oxygen atoms in total. The smallest absolute Gasteiger partial charge is 0.119 e. The molecule has 26 heavy (non-hydrogen) atoms. The van der Waals surface area contributed by atoms with Crippen LogP contribution in [0.25, 0.3) is 0 Å². The summed E-state index contributed by atoms with van der Waals surface area (Å²) in [4.78, 5) is 7.70. The van der Waals surface area contributed by atoms with E-state index in [1.54, 1.807) is 14.2 Å². The van der Waals surface area contributed by atoms with Crippen LogP contribution in [0.1, 0.15) is 17.2 Å². The lowest BCUT2D eigenvalue weighted by atomic mass is 9.96. The van der Waals surface area contributed by atoms with E-state index in [-0.39, 0.29) is 0 Å². The minimum Gasteiger partial charge on any atom is -0.497 e. The zero-order valence-electron chi connectivity index (χ0n) is 15.7. The van der Waals surface area contributed by atoms with Crippen molar-refractivity contribution in [1.29, 1.82) is 0 Å². The van der Waals surface area contributed by atoms with Crippen LogP contribution < -0.4 is 9.47 Å². The maximum absolute atomic E-state index is 5.53. The molecule has 0 N–H and O–H groups in total. The summed E-state index contributed by atoms with van der Waals surface area (Å²) < 4.78 is 11.0. The number of benzene rings is 2. The lowest BCUT2D eigenvalue weighted by Crippen LogP contribution is -2.46. The summed E-state index contributed by atoms with van der Waals surface area (Å²) in [5, 5.41) is 0. The highest BCUT2D eigenvalue weighted by molar-refractivity contribution is 7.99. The second-order valence-corrected chi connectivity index (χ2v) is 8.12. The van der Waals surface area contributed by atoms with E-state index in [4.69, 9.17) is 9.47 Å². The van der Waals surface area contributed by atoms with Gasteiger partial charge in [-0.2, -0.15) is 0 Å². The normalized spacial score (nSPS) is 20.8. The highest BCUT2D eigenvalue weighted by atomic mass is 32.2. The van der Waals surface area contributed by atoms with E-state index in [0.29, 0.717) is 6.04 Å². The van der Waals surface area contributed by atoms with E-state index in [1.165, 1.54) is 20.9 Å². The minimum atomic E-state index is 0.370. The maximum atomic E-state index is 5.53. The monoisotopic (exact) mass is 370 g/mol. The zero-order valence-corrected chi connectivity index (χ0v) is 16.5. The van der Waals surface area contributed by atoms with Crippen molar-refractivity contribution in [2.45, 2.75) is 22.3 Å². The first kappa shape index (κ1) is 17.7. The molecular weight excluding hydrogens is 344 g/mol. The summed E-state index contributed by atoms with van der Waals surface area (Å²) in [7, 11) is 5.69. The van der Waals surface area contributed by atoms with Crippen LogP contribution >= 0.6 is 11.8 Å². The highest BCUT2D eigenvalue weighted by Gasteiger charge is 2.30. The maximum Gasteiger partial charge on any atom is 0.119 e. The number of piperazine rings is 1. The quantitative estimate of drug-likeness (QED) is 0.820. The van der Waals surface area contributed by atoms with Crippen molar-refractivity contribution in [3.8, 4) is 11.5 Å². The summed E-state index contributed by atoms with van der Waals surface area (Å²) in [5.74, 6) is 1.87. The van der Waals surface area contributed by atoms with Gasteiger partial charge in [0.25, 0.3) is 0 Å². The number of likely N-dealkylation sites (N-methyl/N-ethyl adjacent to an activating group) is 1. The molecule has 0 saturated carbocycles. The van der Waals surface area contributed by atoms with Gasteiger partial charge in [-0.15, -0.1) is 0 Å². The molecule has 2 aromatic rings. The van der Waals surface area contributed by atoms with Gasteiger partial charge in [-0.25, -0.2) is 0 Å². The Bertz CT molecular complexity index is 788. The van der Waals surface area contributed by atoms with E-state index in [2.05, 4.69) is 53.2 Å². The molecule has 5 heteroatoms. The van der Waals surface area contributed by atoms with E-state index < -0.39 is 0 Å². The molecule has 0 aromatic heterocycles. The van der Waals surface area contributed by atoms with Crippen molar-refractivity contribution in [3.63, 3.8) is 0 Å². The fourth-order valence-corrected chi connectivity index (χ4v) is 4.94. The Morgan fingerprint density at radius 3 is 2.23 bits per heavy atom. The zero-order chi connectivity index (χ0) is 18.1. The molecule has 1 atom stereocenters. The second kappa shape index (κ2) is 7.51. The average Bonchev–Trinajstić information content (AvgIpc) is 2.84. The van der Waals surface area contributed by atoms with Gasteiger partial charge in [-0.1, -0.05) is 11.8 Å². The molecular formula is C21H26N2O2S.